The Bertz CT molecular complexity index is 389. The van der Waals surface area contributed by atoms with Crippen LogP contribution >= 0.6 is 0 Å². The minimum Gasteiger partial charge on any atom is -0.370 e. The fraction of sp³-hybridized carbons (Fsp3) is 0.667. The van der Waals surface area contributed by atoms with Gasteiger partial charge in [-0.15, -0.1) is 0 Å². The van der Waals surface area contributed by atoms with Crippen LogP contribution in [-0.4, -0.2) is 37.2 Å². The molecule has 0 saturated heterocycles. The zero-order chi connectivity index (χ0) is 12.3. The number of fused-ring (bicyclic) bond motifs is 1. The Hall–Kier alpha value is -1.36. The molecule has 94 valence electrons. The van der Waals surface area contributed by atoms with Gasteiger partial charge in [0.15, 0.2) is 0 Å². The molecule has 1 heterocycles. The van der Waals surface area contributed by atoms with E-state index in [-0.39, 0.29) is 0 Å². The van der Waals surface area contributed by atoms with Gasteiger partial charge in [-0.1, -0.05) is 0 Å². The average molecular weight is 235 g/mol. The highest BCUT2D eigenvalue weighted by atomic mass is 15.2. The fourth-order valence-corrected chi connectivity index (χ4v) is 2.07. The van der Waals surface area contributed by atoms with Gasteiger partial charge in [0.2, 0.25) is 5.95 Å². The summed E-state index contributed by atoms with van der Waals surface area (Å²) >= 11 is 0. The average Bonchev–Trinajstić information content (AvgIpc) is 2.77. The third-order valence-electron chi connectivity index (χ3n) is 2.99. The first kappa shape index (κ1) is 12.1. The van der Waals surface area contributed by atoms with E-state index in [2.05, 4.69) is 15.3 Å². The van der Waals surface area contributed by atoms with Crippen LogP contribution in [0.3, 0.4) is 0 Å². The van der Waals surface area contributed by atoms with Gasteiger partial charge in [0, 0.05) is 26.2 Å². The van der Waals surface area contributed by atoms with Crippen molar-refractivity contribution >= 4 is 11.8 Å². The topological polar surface area (TPSA) is 67.1 Å². The van der Waals surface area contributed by atoms with E-state index in [1.54, 1.807) is 0 Å². The number of anilines is 2. The molecule has 0 aromatic carbocycles. The minimum atomic E-state index is 0.709. The molecule has 5 heteroatoms. The number of nitrogens with two attached hydrogens (primary N) is 1. The molecule has 0 aliphatic heterocycles. The molecule has 0 bridgehead atoms. The van der Waals surface area contributed by atoms with E-state index in [0.717, 1.165) is 37.6 Å². The van der Waals surface area contributed by atoms with Gasteiger partial charge in [-0.2, -0.15) is 4.98 Å². The third kappa shape index (κ3) is 2.66. The van der Waals surface area contributed by atoms with Gasteiger partial charge in [0.25, 0.3) is 0 Å². The number of aryl methyl sites for hydroxylation is 1. The molecule has 1 aromatic heterocycles. The normalized spacial score (nSPS) is 13.6. The summed E-state index contributed by atoms with van der Waals surface area (Å²) in [5.41, 5.74) is 8.01. The number of hydrogen-bond donors (Lipinski definition) is 2. The Kier molecular flexibility index (Phi) is 3.78. The van der Waals surface area contributed by atoms with Gasteiger partial charge in [-0.05, 0) is 32.2 Å². The lowest BCUT2D eigenvalue weighted by molar-refractivity contribution is 0.863. The molecule has 3 N–H and O–H groups in total. The molecule has 0 spiro atoms. The molecule has 0 saturated carbocycles. The predicted molar refractivity (Wildman–Crippen MR) is 70.5 cm³/mol. The summed E-state index contributed by atoms with van der Waals surface area (Å²) in [5.74, 6) is 1.80. The minimum absolute atomic E-state index is 0.709. The second-order valence-corrected chi connectivity index (χ2v) is 4.61. The number of aromatic nitrogens is 2. The van der Waals surface area contributed by atoms with E-state index >= 15 is 0 Å². The maximum absolute atomic E-state index is 5.50. The SMILES string of the molecule is CN(C)c1nc2c(c(NCCCN)n1)CCC2. The quantitative estimate of drug-likeness (QED) is 0.739. The highest BCUT2D eigenvalue weighted by Crippen LogP contribution is 2.27. The van der Waals surface area contributed by atoms with Gasteiger partial charge < -0.3 is 16.0 Å². The van der Waals surface area contributed by atoms with E-state index in [9.17, 15) is 0 Å². The number of hydrogen-bond acceptors (Lipinski definition) is 5. The van der Waals surface area contributed by atoms with Gasteiger partial charge >= 0.3 is 0 Å². The van der Waals surface area contributed by atoms with Crippen molar-refractivity contribution in [2.24, 2.45) is 5.73 Å². The standard InChI is InChI=1S/C12H21N5/c1-17(2)12-15-10-6-3-5-9(10)11(16-12)14-8-4-7-13/h3-8,13H2,1-2H3,(H,14,15,16). The zero-order valence-electron chi connectivity index (χ0n) is 10.7. The van der Waals surface area contributed by atoms with Crippen LogP contribution in [0.25, 0.3) is 0 Å². The summed E-state index contributed by atoms with van der Waals surface area (Å²) in [4.78, 5) is 11.1. The Morgan fingerprint density at radius 3 is 2.82 bits per heavy atom. The van der Waals surface area contributed by atoms with Crippen LogP contribution in [0.15, 0.2) is 0 Å². The summed E-state index contributed by atoms with van der Waals surface area (Å²) in [6.07, 6.45) is 4.32. The van der Waals surface area contributed by atoms with Crippen LogP contribution in [0.5, 0.6) is 0 Å². The lowest BCUT2D eigenvalue weighted by Gasteiger charge is -2.15. The van der Waals surface area contributed by atoms with E-state index in [0.29, 0.717) is 6.54 Å². The zero-order valence-corrected chi connectivity index (χ0v) is 10.7. The van der Waals surface area contributed by atoms with E-state index in [4.69, 9.17) is 5.73 Å². The second-order valence-electron chi connectivity index (χ2n) is 4.61. The Labute approximate surface area is 102 Å². The van der Waals surface area contributed by atoms with E-state index < -0.39 is 0 Å². The molecular formula is C12H21N5. The lowest BCUT2D eigenvalue weighted by Crippen LogP contribution is -2.17. The molecule has 0 radical (unpaired) electrons. The molecule has 1 aliphatic rings. The number of rotatable bonds is 5. The van der Waals surface area contributed by atoms with Gasteiger partial charge in [0.05, 0.1) is 5.69 Å². The van der Waals surface area contributed by atoms with Crippen molar-refractivity contribution in [1.29, 1.82) is 0 Å². The number of nitrogens with zero attached hydrogens (tertiary/aromatic N) is 3. The summed E-state index contributed by atoms with van der Waals surface area (Å²) in [7, 11) is 3.95. The fourth-order valence-electron chi connectivity index (χ4n) is 2.07. The van der Waals surface area contributed by atoms with Crippen LogP contribution in [0.1, 0.15) is 24.1 Å². The second kappa shape index (κ2) is 5.31. The Balaban J connectivity index is 2.22. The monoisotopic (exact) mass is 235 g/mol. The maximum Gasteiger partial charge on any atom is 0.227 e. The highest BCUT2D eigenvalue weighted by Gasteiger charge is 2.19. The molecule has 1 aromatic rings. The molecule has 0 unspecified atom stereocenters. The van der Waals surface area contributed by atoms with Crippen molar-refractivity contribution in [2.45, 2.75) is 25.7 Å². The van der Waals surface area contributed by atoms with Crippen molar-refractivity contribution < 1.29 is 0 Å². The molecule has 0 amide bonds. The van der Waals surface area contributed by atoms with Gasteiger partial charge in [-0.3, -0.25) is 0 Å². The van der Waals surface area contributed by atoms with Crippen molar-refractivity contribution in [3.05, 3.63) is 11.3 Å². The first-order valence-corrected chi connectivity index (χ1v) is 6.23. The summed E-state index contributed by atoms with van der Waals surface area (Å²) in [6, 6.07) is 0. The predicted octanol–water partition coefficient (Wildman–Crippen LogP) is 0.792. The molecule has 0 atom stereocenters. The van der Waals surface area contributed by atoms with Crippen molar-refractivity contribution in [3.8, 4) is 0 Å². The largest absolute Gasteiger partial charge is 0.370 e. The summed E-state index contributed by atoms with van der Waals surface area (Å²) in [5, 5.41) is 3.38. The van der Waals surface area contributed by atoms with Crippen LogP contribution < -0.4 is 16.0 Å². The van der Waals surface area contributed by atoms with E-state index in [1.165, 1.54) is 17.7 Å². The van der Waals surface area contributed by atoms with E-state index in [1.807, 2.05) is 19.0 Å². The molecule has 0 fully saturated rings. The molecule has 1 aliphatic carbocycles. The molecule has 17 heavy (non-hydrogen) atoms. The molecule has 2 rings (SSSR count). The first-order valence-electron chi connectivity index (χ1n) is 6.23. The smallest absolute Gasteiger partial charge is 0.227 e. The summed E-state index contributed by atoms with van der Waals surface area (Å²) in [6.45, 7) is 1.59. The van der Waals surface area contributed by atoms with Crippen molar-refractivity contribution in [1.82, 2.24) is 9.97 Å². The first-order chi connectivity index (χ1) is 8.22. The van der Waals surface area contributed by atoms with Crippen molar-refractivity contribution in [3.63, 3.8) is 0 Å². The lowest BCUT2D eigenvalue weighted by atomic mass is 10.2. The van der Waals surface area contributed by atoms with Gasteiger partial charge in [-0.25, -0.2) is 4.98 Å². The van der Waals surface area contributed by atoms with Crippen LogP contribution in [-0.2, 0) is 12.8 Å². The molecule has 5 nitrogen and oxygen atoms in total. The van der Waals surface area contributed by atoms with Crippen LogP contribution in [0.2, 0.25) is 0 Å². The van der Waals surface area contributed by atoms with Crippen LogP contribution in [0.4, 0.5) is 11.8 Å². The Morgan fingerprint density at radius 2 is 2.12 bits per heavy atom. The van der Waals surface area contributed by atoms with Crippen LogP contribution in [0, 0.1) is 0 Å². The summed E-state index contributed by atoms with van der Waals surface area (Å²) < 4.78 is 0. The van der Waals surface area contributed by atoms with Crippen molar-refractivity contribution in [2.75, 3.05) is 37.4 Å². The third-order valence-corrected chi connectivity index (χ3v) is 2.99. The van der Waals surface area contributed by atoms with Gasteiger partial charge in [0.1, 0.15) is 5.82 Å². The number of nitrogens with one attached hydrogen (secondary N) is 1. The molecular weight excluding hydrogens is 214 g/mol. The Morgan fingerprint density at radius 1 is 1.29 bits per heavy atom. The maximum atomic E-state index is 5.50. The highest BCUT2D eigenvalue weighted by molar-refractivity contribution is 5.52.